The Morgan fingerprint density at radius 2 is 2.43 bits per heavy atom. The molecular formula is C9H14N2OS2. The zero-order valence-electron chi connectivity index (χ0n) is 8.52. The standard InChI is InChI=1S/C9H14N2OS2/c1-6(13)9(12)11(3)4-8-5-14-7(2)10-8/h5-6,13H,4H2,1-3H3. The number of thiol groups is 1. The third-order valence-electron chi connectivity index (χ3n) is 1.80. The summed E-state index contributed by atoms with van der Waals surface area (Å²) in [4.78, 5) is 17.4. The lowest BCUT2D eigenvalue weighted by molar-refractivity contribution is -0.129. The van der Waals surface area contributed by atoms with Crippen LogP contribution in [0.25, 0.3) is 0 Å². The zero-order valence-corrected chi connectivity index (χ0v) is 10.2. The lowest BCUT2D eigenvalue weighted by Crippen LogP contribution is -2.31. The van der Waals surface area contributed by atoms with E-state index in [1.165, 1.54) is 0 Å². The third-order valence-corrected chi connectivity index (χ3v) is 2.84. The number of aromatic nitrogens is 1. The normalized spacial score (nSPS) is 12.6. The fourth-order valence-electron chi connectivity index (χ4n) is 1.12. The third kappa shape index (κ3) is 2.99. The molecule has 78 valence electrons. The molecule has 1 amide bonds. The Morgan fingerprint density at radius 1 is 1.79 bits per heavy atom. The zero-order chi connectivity index (χ0) is 10.7. The van der Waals surface area contributed by atoms with Gasteiger partial charge in [-0.1, -0.05) is 0 Å². The highest BCUT2D eigenvalue weighted by atomic mass is 32.1. The van der Waals surface area contributed by atoms with E-state index in [-0.39, 0.29) is 11.2 Å². The van der Waals surface area contributed by atoms with Gasteiger partial charge < -0.3 is 4.90 Å². The van der Waals surface area contributed by atoms with Crippen LogP contribution in [-0.2, 0) is 11.3 Å². The monoisotopic (exact) mass is 230 g/mol. The van der Waals surface area contributed by atoms with E-state index in [1.807, 2.05) is 12.3 Å². The first-order valence-corrected chi connectivity index (χ1v) is 5.74. The second kappa shape index (κ2) is 4.79. The van der Waals surface area contributed by atoms with Gasteiger partial charge in [0.25, 0.3) is 0 Å². The van der Waals surface area contributed by atoms with Gasteiger partial charge in [0, 0.05) is 12.4 Å². The molecule has 1 aromatic rings. The molecule has 3 nitrogen and oxygen atoms in total. The Bertz CT molecular complexity index is 322. The molecular weight excluding hydrogens is 216 g/mol. The Balaban J connectivity index is 2.57. The van der Waals surface area contributed by atoms with E-state index in [2.05, 4.69) is 17.6 Å². The summed E-state index contributed by atoms with van der Waals surface area (Å²) in [6.45, 7) is 4.29. The number of aryl methyl sites for hydroxylation is 1. The number of hydrogen-bond donors (Lipinski definition) is 1. The van der Waals surface area contributed by atoms with Crippen molar-refractivity contribution in [2.24, 2.45) is 0 Å². The van der Waals surface area contributed by atoms with Crippen LogP contribution in [0, 0.1) is 6.92 Å². The summed E-state index contributed by atoms with van der Waals surface area (Å²) in [7, 11) is 1.77. The van der Waals surface area contributed by atoms with Gasteiger partial charge in [-0.05, 0) is 13.8 Å². The minimum Gasteiger partial charge on any atom is -0.339 e. The van der Waals surface area contributed by atoms with Crippen LogP contribution in [0.3, 0.4) is 0 Å². The topological polar surface area (TPSA) is 33.2 Å². The minimum absolute atomic E-state index is 0.0268. The maximum atomic E-state index is 11.5. The number of nitrogens with zero attached hydrogens (tertiary/aromatic N) is 2. The molecule has 0 aromatic carbocycles. The highest BCUT2D eigenvalue weighted by Crippen LogP contribution is 2.10. The highest BCUT2D eigenvalue weighted by molar-refractivity contribution is 7.81. The Kier molecular flexibility index (Phi) is 3.95. The van der Waals surface area contributed by atoms with Crippen LogP contribution in [0.1, 0.15) is 17.6 Å². The van der Waals surface area contributed by atoms with E-state index >= 15 is 0 Å². The molecule has 0 saturated heterocycles. The Hall–Kier alpha value is -0.550. The van der Waals surface area contributed by atoms with Crippen molar-refractivity contribution in [3.05, 3.63) is 16.1 Å². The van der Waals surface area contributed by atoms with Gasteiger partial charge in [0.2, 0.25) is 5.91 Å². The van der Waals surface area contributed by atoms with Gasteiger partial charge in [0.1, 0.15) is 0 Å². The van der Waals surface area contributed by atoms with Crippen molar-refractivity contribution in [2.45, 2.75) is 25.6 Å². The number of carbonyl (C=O) groups excluding carboxylic acids is 1. The second-order valence-electron chi connectivity index (χ2n) is 3.23. The van der Waals surface area contributed by atoms with Crippen molar-refractivity contribution in [2.75, 3.05) is 7.05 Å². The minimum atomic E-state index is -0.250. The molecule has 0 N–H and O–H groups in total. The molecule has 0 aliphatic heterocycles. The van der Waals surface area contributed by atoms with E-state index in [0.717, 1.165) is 10.7 Å². The molecule has 0 bridgehead atoms. The average Bonchev–Trinajstić information content (AvgIpc) is 2.49. The first-order valence-electron chi connectivity index (χ1n) is 4.34. The number of amides is 1. The second-order valence-corrected chi connectivity index (χ2v) is 5.06. The van der Waals surface area contributed by atoms with E-state index in [9.17, 15) is 4.79 Å². The van der Waals surface area contributed by atoms with Gasteiger partial charge in [-0.3, -0.25) is 4.79 Å². The molecule has 1 aromatic heterocycles. The van der Waals surface area contributed by atoms with Crippen LogP contribution in [0.5, 0.6) is 0 Å². The molecule has 0 aliphatic carbocycles. The molecule has 14 heavy (non-hydrogen) atoms. The maximum Gasteiger partial charge on any atom is 0.235 e. The first-order chi connectivity index (χ1) is 6.50. The van der Waals surface area contributed by atoms with Gasteiger partial charge in [-0.15, -0.1) is 11.3 Å². The van der Waals surface area contributed by atoms with Crippen LogP contribution in [0.15, 0.2) is 5.38 Å². The molecule has 1 unspecified atom stereocenters. The summed E-state index contributed by atoms with van der Waals surface area (Å²) in [5.41, 5.74) is 0.942. The number of thiazole rings is 1. The average molecular weight is 230 g/mol. The largest absolute Gasteiger partial charge is 0.339 e. The van der Waals surface area contributed by atoms with Gasteiger partial charge in [0.15, 0.2) is 0 Å². The van der Waals surface area contributed by atoms with E-state index in [4.69, 9.17) is 0 Å². The van der Waals surface area contributed by atoms with Crippen LogP contribution in [-0.4, -0.2) is 28.1 Å². The molecule has 0 saturated carbocycles. The molecule has 0 fully saturated rings. The quantitative estimate of drug-likeness (QED) is 0.802. The van der Waals surface area contributed by atoms with Crippen LogP contribution < -0.4 is 0 Å². The Morgan fingerprint density at radius 3 is 2.86 bits per heavy atom. The van der Waals surface area contributed by atoms with Crippen molar-refractivity contribution in [3.63, 3.8) is 0 Å². The van der Waals surface area contributed by atoms with Gasteiger partial charge >= 0.3 is 0 Å². The van der Waals surface area contributed by atoms with E-state index in [0.29, 0.717) is 6.54 Å². The molecule has 5 heteroatoms. The van der Waals surface area contributed by atoms with Gasteiger partial charge in [0.05, 0.1) is 22.5 Å². The van der Waals surface area contributed by atoms with Gasteiger partial charge in [-0.25, -0.2) is 4.98 Å². The van der Waals surface area contributed by atoms with Crippen molar-refractivity contribution in [1.82, 2.24) is 9.88 Å². The first kappa shape index (κ1) is 11.5. The smallest absolute Gasteiger partial charge is 0.235 e. The van der Waals surface area contributed by atoms with Crippen LogP contribution in [0.4, 0.5) is 0 Å². The lowest BCUT2D eigenvalue weighted by atomic mass is 10.3. The molecule has 0 radical (unpaired) electrons. The SMILES string of the molecule is Cc1nc(CN(C)C(=O)C(C)S)cs1. The molecule has 1 atom stereocenters. The molecule has 0 spiro atoms. The molecule has 1 rings (SSSR count). The van der Waals surface area contributed by atoms with Crippen molar-refractivity contribution >= 4 is 29.9 Å². The number of hydrogen-bond acceptors (Lipinski definition) is 4. The van der Waals surface area contributed by atoms with Crippen molar-refractivity contribution in [1.29, 1.82) is 0 Å². The fourth-order valence-corrected chi connectivity index (χ4v) is 1.92. The summed E-state index contributed by atoms with van der Waals surface area (Å²) >= 11 is 5.69. The van der Waals surface area contributed by atoms with E-state index < -0.39 is 0 Å². The molecule has 1 heterocycles. The predicted molar refractivity (Wildman–Crippen MR) is 61.8 cm³/mol. The van der Waals surface area contributed by atoms with E-state index in [1.54, 1.807) is 30.2 Å². The highest BCUT2D eigenvalue weighted by Gasteiger charge is 2.14. The summed E-state index contributed by atoms with van der Waals surface area (Å²) in [5.74, 6) is 0.0268. The molecule has 0 aliphatic rings. The summed E-state index contributed by atoms with van der Waals surface area (Å²) < 4.78 is 0. The Labute approximate surface area is 93.6 Å². The van der Waals surface area contributed by atoms with Crippen molar-refractivity contribution < 1.29 is 4.79 Å². The summed E-state index contributed by atoms with van der Waals surface area (Å²) in [5, 5.41) is 2.75. The van der Waals surface area contributed by atoms with Crippen molar-refractivity contribution in [3.8, 4) is 0 Å². The lowest BCUT2D eigenvalue weighted by Gasteiger charge is -2.17. The fraction of sp³-hybridized carbons (Fsp3) is 0.556. The number of rotatable bonds is 3. The number of carbonyl (C=O) groups is 1. The van der Waals surface area contributed by atoms with Crippen LogP contribution in [0.2, 0.25) is 0 Å². The maximum absolute atomic E-state index is 11.5. The summed E-state index contributed by atoms with van der Waals surface area (Å²) in [6.07, 6.45) is 0. The summed E-state index contributed by atoms with van der Waals surface area (Å²) in [6, 6.07) is 0. The predicted octanol–water partition coefficient (Wildman–Crippen LogP) is 1.73. The van der Waals surface area contributed by atoms with Crippen LogP contribution >= 0.6 is 24.0 Å². The van der Waals surface area contributed by atoms with Gasteiger partial charge in [-0.2, -0.15) is 12.6 Å².